The topological polar surface area (TPSA) is 50.1 Å². The van der Waals surface area contributed by atoms with Gasteiger partial charge in [-0.25, -0.2) is 0 Å². The maximum atomic E-state index is 8.93. The van der Waals surface area contributed by atoms with Gasteiger partial charge in [-0.05, 0) is 51.3 Å². The van der Waals surface area contributed by atoms with Crippen LogP contribution in [0.5, 0.6) is 0 Å². The predicted molar refractivity (Wildman–Crippen MR) is 86.6 cm³/mol. The molecule has 114 valence electrons. The third-order valence-electron chi connectivity index (χ3n) is 3.93. The van der Waals surface area contributed by atoms with Crippen molar-refractivity contribution in [3.8, 4) is 0 Å². The minimum atomic E-state index is 0.215. The summed E-state index contributed by atoms with van der Waals surface area (Å²) in [5, 5.41) is 17.0. The normalized spacial score (nSPS) is 12.4. The van der Waals surface area contributed by atoms with Crippen molar-refractivity contribution in [1.29, 1.82) is 0 Å². The van der Waals surface area contributed by atoms with Gasteiger partial charge in [0.1, 0.15) is 0 Å². The number of anilines is 1. The van der Waals surface area contributed by atoms with Crippen LogP contribution in [0.2, 0.25) is 0 Å². The number of rotatable bonds is 6. The molecule has 0 aliphatic rings. The summed E-state index contributed by atoms with van der Waals surface area (Å²) in [6.45, 7) is 6.56. The second-order valence-corrected chi connectivity index (χ2v) is 5.60. The van der Waals surface area contributed by atoms with Gasteiger partial charge in [0.2, 0.25) is 0 Å². The predicted octanol–water partition coefficient (Wildman–Crippen LogP) is 3.13. The highest BCUT2D eigenvalue weighted by molar-refractivity contribution is 5.48. The smallest absolute Gasteiger partial charge is 0.0649 e. The molecule has 0 saturated carbocycles. The van der Waals surface area contributed by atoms with Gasteiger partial charge in [0.05, 0.1) is 11.7 Å². The van der Waals surface area contributed by atoms with Gasteiger partial charge < -0.3 is 10.4 Å². The van der Waals surface area contributed by atoms with Crippen LogP contribution in [0.25, 0.3) is 0 Å². The van der Waals surface area contributed by atoms with E-state index >= 15 is 0 Å². The summed E-state index contributed by atoms with van der Waals surface area (Å²) in [5.41, 5.74) is 5.90. The quantitative estimate of drug-likeness (QED) is 0.858. The van der Waals surface area contributed by atoms with E-state index in [2.05, 4.69) is 55.5 Å². The Morgan fingerprint density at radius 3 is 2.71 bits per heavy atom. The molecule has 0 saturated heterocycles. The molecule has 21 heavy (non-hydrogen) atoms. The van der Waals surface area contributed by atoms with Crippen molar-refractivity contribution in [2.75, 3.05) is 11.9 Å². The number of hydrogen-bond donors (Lipinski definition) is 2. The lowest BCUT2D eigenvalue weighted by Gasteiger charge is -2.17. The number of aliphatic hydroxyl groups is 1. The Bertz CT molecular complexity index is 604. The molecular formula is C17H25N3O. The van der Waals surface area contributed by atoms with E-state index in [0.717, 1.165) is 24.2 Å². The first-order valence-electron chi connectivity index (χ1n) is 7.49. The molecule has 2 rings (SSSR count). The molecule has 1 aromatic carbocycles. The van der Waals surface area contributed by atoms with Crippen molar-refractivity contribution in [3.05, 3.63) is 46.8 Å². The van der Waals surface area contributed by atoms with Crippen LogP contribution in [0.15, 0.2) is 24.3 Å². The summed E-state index contributed by atoms with van der Waals surface area (Å²) in [7, 11) is 1.98. The Morgan fingerprint density at radius 1 is 1.33 bits per heavy atom. The summed E-state index contributed by atoms with van der Waals surface area (Å²) in [5.74, 6) is 0. The maximum absolute atomic E-state index is 8.93. The highest BCUT2D eigenvalue weighted by Gasteiger charge is 2.16. The van der Waals surface area contributed by atoms with E-state index in [1.165, 1.54) is 16.8 Å². The molecule has 4 heteroatoms. The van der Waals surface area contributed by atoms with E-state index in [1.807, 2.05) is 11.7 Å². The molecule has 0 spiro atoms. The molecule has 2 aromatic rings. The summed E-state index contributed by atoms with van der Waals surface area (Å²) >= 11 is 0. The molecule has 1 heterocycles. The van der Waals surface area contributed by atoms with Crippen molar-refractivity contribution in [2.45, 2.75) is 39.7 Å². The van der Waals surface area contributed by atoms with Gasteiger partial charge in [-0.15, -0.1) is 0 Å². The molecule has 2 N–H and O–H groups in total. The average molecular weight is 287 g/mol. The minimum Gasteiger partial charge on any atom is -0.396 e. The number of hydrogen-bond acceptors (Lipinski definition) is 3. The Labute approximate surface area is 126 Å². The van der Waals surface area contributed by atoms with E-state index < -0.39 is 0 Å². The van der Waals surface area contributed by atoms with Gasteiger partial charge in [0, 0.05) is 30.6 Å². The van der Waals surface area contributed by atoms with Crippen LogP contribution in [0, 0.1) is 13.8 Å². The molecule has 4 nitrogen and oxygen atoms in total. The molecule has 1 atom stereocenters. The third-order valence-corrected chi connectivity index (χ3v) is 3.93. The van der Waals surface area contributed by atoms with Crippen molar-refractivity contribution in [1.82, 2.24) is 9.78 Å². The van der Waals surface area contributed by atoms with Crippen molar-refractivity contribution in [2.24, 2.45) is 7.05 Å². The first-order chi connectivity index (χ1) is 10.0. The SMILES string of the molecule is Cc1nn(C)c(C)c1C(C)Nc1cccc(CCCO)c1. The van der Waals surface area contributed by atoms with E-state index in [9.17, 15) is 0 Å². The standard InChI is InChI=1S/C17H25N3O/c1-12(17-13(2)19-20(4)14(17)3)18-16-9-5-7-15(11-16)8-6-10-21/h5,7,9,11-12,18,21H,6,8,10H2,1-4H3. The number of benzene rings is 1. The molecule has 1 aromatic heterocycles. The van der Waals surface area contributed by atoms with Crippen molar-refractivity contribution < 1.29 is 5.11 Å². The fourth-order valence-electron chi connectivity index (χ4n) is 2.84. The fraction of sp³-hybridized carbons (Fsp3) is 0.471. The minimum absolute atomic E-state index is 0.215. The summed E-state index contributed by atoms with van der Waals surface area (Å²) in [6.07, 6.45) is 1.71. The molecule has 1 unspecified atom stereocenters. The molecule has 0 radical (unpaired) electrons. The number of aryl methyl sites for hydroxylation is 3. The van der Waals surface area contributed by atoms with Crippen LogP contribution in [0.1, 0.15) is 41.9 Å². The molecule has 0 amide bonds. The van der Waals surface area contributed by atoms with E-state index in [4.69, 9.17) is 5.11 Å². The van der Waals surface area contributed by atoms with Gasteiger partial charge in [-0.2, -0.15) is 5.10 Å². The lowest BCUT2D eigenvalue weighted by Crippen LogP contribution is -2.09. The lowest BCUT2D eigenvalue weighted by atomic mass is 10.1. The van der Waals surface area contributed by atoms with Crippen LogP contribution < -0.4 is 5.32 Å². The molecule has 0 fully saturated rings. The number of nitrogens with zero attached hydrogens (tertiary/aromatic N) is 2. The second kappa shape index (κ2) is 6.76. The van der Waals surface area contributed by atoms with E-state index in [1.54, 1.807) is 0 Å². The lowest BCUT2D eigenvalue weighted by molar-refractivity contribution is 0.288. The van der Waals surface area contributed by atoms with E-state index in [0.29, 0.717) is 0 Å². The molecule has 0 aliphatic heterocycles. The number of aromatic nitrogens is 2. The van der Waals surface area contributed by atoms with Gasteiger partial charge in [-0.3, -0.25) is 4.68 Å². The highest BCUT2D eigenvalue weighted by Crippen LogP contribution is 2.25. The van der Waals surface area contributed by atoms with Crippen LogP contribution in [-0.2, 0) is 13.5 Å². The Hall–Kier alpha value is -1.81. The van der Waals surface area contributed by atoms with Crippen molar-refractivity contribution in [3.63, 3.8) is 0 Å². The van der Waals surface area contributed by atoms with Crippen LogP contribution in [0.3, 0.4) is 0 Å². The maximum Gasteiger partial charge on any atom is 0.0649 e. The first-order valence-corrected chi connectivity index (χ1v) is 7.49. The number of nitrogens with one attached hydrogen (secondary N) is 1. The average Bonchev–Trinajstić information content (AvgIpc) is 2.70. The summed E-state index contributed by atoms with van der Waals surface area (Å²) in [6, 6.07) is 8.62. The largest absolute Gasteiger partial charge is 0.396 e. The second-order valence-electron chi connectivity index (χ2n) is 5.60. The fourth-order valence-corrected chi connectivity index (χ4v) is 2.84. The van der Waals surface area contributed by atoms with Crippen LogP contribution >= 0.6 is 0 Å². The Balaban J connectivity index is 2.13. The first kappa shape index (κ1) is 15.6. The Morgan fingerprint density at radius 2 is 2.10 bits per heavy atom. The van der Waals surface area contributed by atoms with Crippen LogP contribution in [0.4, 0.5) is 5.69 Å². The molecule has 0 bridgehead atoms. The Kier molecular flexibility index (Phi) is 5.02. The van der Waals surface area contributed by atoms with Crippen molar-refractivity contribution >= 4 is 5.69 Å². The zero-order valence-corrected chi connectivity index (χ0v) is 13.3. The van der Waals surface area contributed by atoms with Gasteiger partial charge in [0.15, 0.2) is 0 Å². The van der Waals surface area contributed by atoms with E-state index in [-0.39, 0.29) is 12.6 Å². The van der Waals surface area contributed by atoms with Gasteiger partial charge >= 0.3 is 0 Å². The summed E-state index contributed by atoms with van der Waals surface area (Å²) < 4.78 is 1.93. The molecule has 0 aliphatic carbocycles. The third kappa shape index (κ3) is 3.64. The molecular weight excluding hydrogens is 262 g/mol. The van der Waals surface area contributed by atoms with Gasteiger partial charge in [0.25, 0.3) is 0 Å². The zero-order valence-electron chi connectivity index (χ0n) is 13.3. The van der Waals surface area contributed by atoms with Gasteiger partial charge in [-0.1, -0.05) is 12.1 Å². The van der Waals surface area contributed by atoms with Crippen LogP contribution in [-0.4, -0.2) is 21.5 Å². The number of aliphatic hydroxyl groups excluding tert-OH is 1. The zero-order chi connectivity index (χ0) is 15.4. The highest BCUT2D eigenvalue weighted by atomic mass is 16.2. The summed E-state index contributed by atoms with van der Waals surface area (Å²) in [4.78, 5) is 0. The monoisotopic (exact) mass is 287 g/mol.